The molecule has 1 aromatic carbocycles. The van der Waals surface area contributed by atoms with Gasteiger partial charge in [-0.2, -0.15) is 0 Å². The Labute approximate surface area is 115 Å². The molecule has 0 atom stereocenters. The van der Waals surface area contributed by atoms with Gasteiger partial charge in [0.2, 0.25) is 5.91 Å². The van der Waals surface area contributed by atoms with Crippen LogP contribution in [0.5, 0.6) is 0 Å². The fourth-order valence-electron chi connectivity index (χ4n) is 2.23. The third kappa shape index (κ3) is 3.44. The first-order valence-corrected chi connectivity index (χ1v) is 6.83. The van der Waals surface area contributed by atoms with Crippen LogP contribution in [0.25, 0.3) is 0 Å². The monoisotopic (exact) mass is 258 g/mol. The lowest BCUT2D eigenvalue weighted by atomic mass is 9.83. The molecular formula is C16H22N2O. The summed E-state index contributed by atoms with van der Waals surface area (Å²) in [5, 5.41) is 6.33. The smallest absolute Gasteiger partial charge is 0.230 e. The molecule has 0 radical (unpaired) electrons. The molecule has 1 aliphatic heterocycles. The average molecular weight is 258 g/mol. The number of nitrogens with one attached hydrogen (secondary N) is 2. The first kappa shape index (κ1) is 13.8. The molecule has 102 valence electrons. The molecule has 2 rings (SSSR count). The van der Waals surface area contributed by atoms with Crippen LogP contribution in [0.2, 0.25) is 0 Å². The van der Waals surface area contributed by atoms with Gasteiger partial charge in [-0.15, -0.1) is 0 Å². The number of amides is 1. The summed E-state index contributed by atoms with van der Waals surface area (Å²) in [6.07, 6.45) is 3.19. The lowest BCUT2D eigenvalue weighted by molar-refractivity contribution is -0.125. The van der Waals surface area contributed by atoms with Gasteiger partial charge in [0, 0.05) is 13.1 Å². The lowest BCUT2D eigenvalue weighted by Gasteiger charge is -2.25. The van der Waals surface area contributed by atoms with Crippen molar-refractivity contribution in [3.8, 4) is 0 Å². The highest BCUT2D eigenvalue weighted by Crippen LogP contribution is 2.23. The van der Waals surface area contributed by atoms with Crippen molar-refractivity contribution in [2.75, 3.05) is 19.6 Å². The molecule has 1 amide bonds. The largest absolute Gasteiger partial charge is 0.352 e. The number of hydrogen-bond acceptors (Lipinski definition) is 2. The first-order valence-electron chi connectivity index (χ1n) is 6.83. The van der Waals surface area contributed by atoms with Crippen molar-refractivity contribution in [3.05, 3.63) is 47.5 Å². The lowest BCUT2D eigenvalue weighted by Crippen LogP contribution is -2.41. The standard InChI is InChI=1S/C16H22N2O/c1-16(2,14-6-4-3-5-7-14)15(19)18-12-13-8-10-17-11-9-13/h3-8,17H,9-12H2,1-2H3,(H,18,19). The van der Waals surface area contributed by atoms with Gasteiger partial charge in [0.25, 0.3) is 0 Å². The van der Waals surface area contributed by atoms with Gasteiger partial charge in [-0.3, -0.25) is 4.79 Å². The van der Waals surface area contributed by atoms with E-state index >= 15 is 0 Å². The molecule has 0 fully saturated rings. The Bertz CT molecular complexity index is 463. The molecule has 0 saturated carbocycles. The molecule has 1 heterocycles. The Kier molecular flexibility index (Phi) is 4.38. The summed E-state index contributed by atoms with van der Waals surface area (Å²) >= 11 is 0. The van der Waals surface area contributed by atoms with Crippen molar-refractivity contribution in [2.45, 2.75) is 25.7 Å². The second-order valence-corrected chi connectivity index (χ2v) is 5.49. The zero-order valence-electron chi connectivity index (χ0n) is 11.7. The highest BCUT2D eigenvalue weighted by atomic mass is 16.2. The maximum atomic E-state index is 12.4. The average Bonchev–Trinajstić information content (AvgIpc) is 2.46. The highest BCUT2D eigenvalue weighted by Gasteiger charge is 2.29. The van der Waals surface area contributed by atoms with E-state index < -0.39 is 5.41 Å². The summed E-state index contributed by atoms with van der Waals surface area (Å²) in [6.45, 7) is 6.51. The normalized spacial score (nSPS) is 15.8. The van der Waals surface area contributed by atoms with Gasteiger partial charge in [-0.25, -0.2) is 0 Å². The molecule has 3 heteroatoms. The predicted molar refractivity (Wildman–Crippen MR) is 78.0 cm³/mol. The molecule has 0 bridgehead atoms. The van der Waals surface area contributed by atoms with Crippen molar-refractivity contribution in [1.82, 2.24) is 10.6 Å². The van der Waals surface area contributed by atoms with Crippen LogP contribution in [-0.4, -0.2) is 25.5 Å². The second-order valence-electron chi connectivity index (χ2n) is 5.49. The van der Waals surface area contributed by atoms with Crippen molar-refractivity contribution >= 4 is 5.91 Å². The van der Waals surface area contributed by atoms with Crippen LogP contribution in [0.4, 0.5) is 0 Å². The molecule has 0 spiro atoms. The minimum Gasteiger partial charge on any atom is -0.352 e. The number of benzene rings is 1. The molecule has 1 aromatic rings. The van der Waals surface area contributed by atoms with Gasteiger partial charge in [-0.05, 0) is 32.4 Å². The zero-order valence-corrected chi connectivity index (χ0v) is 11.7. The summed E-state index contributed by atoms with van der Waals surface area (Å²) in [5.74, 6) is 0.0816. The third-order valence-corrected chi connectivity index (χ3v) is 3.70. The highest BCUT2D eigenvalue weighted by molar-refractivity contribution is 5.87. The van der Waals surface area contributed by atoms with Crippen LogP contribution in [0.15, 0.2) is 42.0 Å². The molecule has 0 saturated heterocycles. The number of carbonyl (C=O) groups excluding carboxylic acids is 1. The summed E-state index contributed by atoms with van der Waals surface area (Å²) in [6, 6.07) is 9.92. The van der Waals surface area contributed by atoms with Crippen molar-refractivity contribution in [3.63, 3.8) is 0 Å². The number of rotatable bonds is 4. The van der Waals surface area contributed by atoms with Gasteiger partial charge < -0.3 is 10.6 Å². The van der Waals surface area contributed by atoms with Gasteiger partial charge in [0.05, 0.1) is 5.41 Å². The molecule has 0 unspecified atom stereocenters. The van der Waals surface area contributed by atoms with Gasteiger partial charge >= 0.3 is 0 Å². The summed E-state index contributed by atoms with van der Waals surface area (Å²) in [5.41, 5.74) is 1.87. The molecule has 1 aliphatic rings. The summed E-state index contributed by atoms with van der Waals surface area (Å²) < 4.78 is 0. The van der Waals surface area contributed by atoms with Crippen LogP contribution < -0.4 is 10.6 Å². The molecule has 0 aliphatic carbocycles. The van der Waals surface area contributed by atoms with Crippen LogP contribution in [-0.2, 0) is 10.2 Å². The third-order valence-electron chi connectivity index (χ3n) is 3.70. The molecular weight excluding hydrogens is 236 g/mol. The van der Waals surface area contributed by atoms with Crippen LogP contribution >= 0.6 is 0 Å². The van der Waals surface area contributed by atoms with E-state index in [2.05, 4.69) is 16.7 Å². The Morgan fingerprint density at radius 3 is 2.68 bits per heavy atom. The molecule has 0 aromatic heterocycles. The quantitative estimate of drug-likeness (QED) is 0.811. The van der Waals surface area contributed by atoms with E-state index in [-0.39, 0.29) is 5.91 Å². The first-order chi connectivity index (χ1) is 9.10. The summed E-state index contributed by atoms with van der Waals surface area (Å²) in [7, 11) is 0. The fourth-order valence-corrected chi connectivity index (χ4v) is 2.23. The topological polar surface area (TPSA) is 41.1 Å². The minimum absolute atomic E-state index is 0.0816. The Morgan fingerprint density at radius 2 is 2.05 bits per heavy atom. The Hall–Kier alpha value is -1.61. The van der Waals surface area contributed by atoms with E-state index in [4.69, 9.17) is 0 Å². The van der Waals surface area contributed by atoms with Crippen LogP contribution in [0.1, 0.15) is 25.8 Å². The Morgan fingerprint density at radius 1 is 1.32 bits per heavy atom. The van der Waals surface area contributed by atoms with Gasteiger partial charge in [0.1, 0.15) is 0 Å². The van der Waals surface area contributed by atoms with E-state index in [1.54, 1.807) is 0 Å². The summed E-state index contributed by atoms with van der Waals surface area (Å²) in [4.78, 5) is 12.4. The predicted octanol–water partition coefficient (Wildman–Crippen LogP) is 2.00. The van der Waals surface area contributed by atoms with Crippen molar-refractivity contribution in [2.24, 2.45) is 0 Å². The van der Waals surface area contributed by atoms with E-state index in [0.29, 0.717) is 6.54 Å². The van der Waals surface area contributed by atoms with E-state index in [9.17, 15) is 4.79 Å². The van der Waals surface area contributed by atoms with Gasteiger partial charge in [-0.1, -0.05) is 42.0 Å². The zero-order chi connectivity index (χ0) is 13.7. The SMILES string of the molecule is CC(C)(C(=O)NCC1=CCNCC1)c1ccccc1. The van der Waals surface area contributed by atoms with Crippen LogP contribution in [0, 0.1) is 0 Å². The van der Waals surface area contributed by atoms with Crippen LogP contribution in [0.3, 0.4) is 0 Å². The molecule has 19 heavy (non-hydrogen) atoms. The maximum absolute atomic E-state index is 12.4. The van der Waals surface area contributed by atoms with Gasteiger partial charge in [0.15, 0.2) is 0 Å². The molecule has 2 N–H and O–H groups in total. The maximum Gasteiger partial charge on any atom is 0.230 e. The van der Waals surface area contributed by atoms with E-state index in [0.717, 1.165) is 25.1 Å². The Balaban J connectivity index is 1.97. The van der Waals surface area contributed by atoms with Crippen molar-refractivity contribution in [1.29, 1.82) is 0 Å². The number of carbonyl (C=O) groups is 1. The van der Waals surface area contributed by atoms with E-state index in [1.165, 1.54) is 5.57 Å². The molecule has 3 nitrogen and oxygen atoms in total. The van der Waals surface area contributed by atoms with E-state index in [1.807, 2.05) is 44.2 Å². The second kappa shape index (κ2) is 6.02. The van der Waals surface area contributed by atoms with Crippen molar-refractivity contribution < 1.29 is 4.79 Å². The fraction of sp³-hybridized carbons (Fsp3) is 0.438. The number of hydrogen-bond donors (Lipinski definition) is 2. The minimum atomic E-state index is -0.491.